The topological polar surface area (TPSA) is 59.5 Å². The van der Waals surface area contributed by atoms with Gasteiger partial charge in [-0.05, 0) is 42.8 Å². The van der Waals surface area contributed by atoms with Gasteiger partial charge in [-0.1, -0.05) is 6.07 Å². The third-order valence-electron chi connectivity index (χ3n) is 2.33. The quantitative estimate of drug-likeness (QED) is 0.691. The van der Waals surface area contributed by atoms with E-state index in [9.17, 15) is 9.59 Å². The van der Waals surface area contributed by atoms with Gasteiger partial charge in [0.1, 0.15) is 15.9 Å². The van der Waals surface area contributed by atoms with E-state index in [0.717, 1.165) is 10.5 Å². The van der Waals surface area contributed by atoms with Crippen LogP contribution in [-0.4, -0.2) is 27.5 Å². The van der Waals surface area contributed by atoms with Crippen molar-refractivity contribution in [2.75, 3.05) is 0 Å². The van der Waals surface area contributed by atoms with Gasteiger partial charge in [-0.3, -0.25) is 4.79 Å². The minimum absolute atomic E-state index is 0.212. The van der Waals surface area contributed by atoms with E-state index < -0.39 is 17.6 Å². The van der Waals surface area contributed by atoms with Gasteiger partial charge >= 0.3 is 6.09 Å². The van der Waals surface area contributed by atoms with Crippen molar-refractivity contribution in [3.05, 3.63) is 28.0 Å². The van der Waals surface area contributed by atoms with Crippen LogP contribution in [0.1, 0.15) is 36.8 Å². The van der Waals surface area contributed by atoms with Crippen molar-refractivity contribution in [1.29, 1.82) is 0 Å². The lowest BCUT2D eigenvalue weighted by molar-refractivity contribution is 0.0247. The van der Waals surface area contributed by atoms with Gasteiger partial charge in [-0.2, -0.15) is 0 Å². The zero-order valence-electron chi connectivity index (χ0n) is 10.4. The molecule has 0 aliphatic carbocycles. The van der Waals surface area contributed by atoms with Crippen LogP contribution in [0.15, 0.2) is 16.7 Å². The number of ether oxygens (including phenoxy) is 1. The summed E-state index contributed by atoms with van der Waals surface area (Å²) in [7, 11) is 0. The Morgan fingerprint density at radius 1 is 1.44 bits per heavy atom. The summed E-state index contributed by atoms with van der Waals surface area (Å²) in [6.45, 7) is 5.48. The molecule has 5 nitrogen and oxygen atoms in total. The number of carbonyl (C=O) groups excluding carboxylic acids is 2. The zero-order valence-corrected chi connectivity index (χ0v) is 11.9. The number of rotatable bonds is 0. The fourth-order valence-electron chi connectivity index (χ4n) is 1.61. The van der Waals surface area contributed by atoms with E-state index >= 15 is 0 Å². The Morgan fingerprint density at radius 3 is 2.72 bits per heavy atom. The van der Waals surface area contributed by atoms with Gasteiger partial charge in [0.15, 0.2) is 0 Å². The Labute approximate surface area is 113 Å². The fourth-order valence-corrected chi connectivity index (χ4v) is 1.92. The monoisotopic (exact) mass is 312 g/mol. The second-order valence-corrected chi connectivity index (χ2v) is 5.83. The summed E-state index contributed by atoms with van der Waals surface area (Å²) in [6, 6.07) is 3.51. The highest BCUT2D eigenvalue weighted by Crippen LogP contribution is 2.24. The molecule has 0 fully saturated rings. The fraction of sp³-hybridized carbons (Fsp3) is 0.417. The van der Waals surface area contributed by atoms with E-state index in [1.54, 1.807) is 32.9 Å². The Morgan fingerprint density at radius 2 is 2.11 bits per heavy atom. The molecule has 0 aromatic carbocycles. The third kappa shape index (κ3) is 2.53. The Balaban J connectivity index is 2.21. The van der Waals surface area contributed by atoms with Gasteiger partial charge in [0, 0.05) is 5.56 Å². The standard InChI is InChI=1S/C12H13BrN2O3/c1-12(2,3)18-11(17)15-6-7-4-5-8(13)14-9(7)10(15)16/h4-5H,6H2,1-3H3. The molecule has 0 N–H and O–H groups in total. The molecule has 0 bridgehead atoms. The third-order valence-corrected chi connectivity index (χ3v) is 2.78. The second kappa shape index (κ2) is 4.35. The van der Waals surface area contributed by atoms with E-state index in [4.69, 9.17) is 4.74 Å². The number of amides is 2. The van der Waals surface area contributed by atoms with Crippen LogP contribution in [0.2, 0.25) is 0 Å². The molecule has 0 unspecified atom stereocenters. The first-order valence-electron chi connectivity index (χ1n) is 5.48. The molecule has 0 atom stereocenters. The van der Waals surface area contributed by atoms with Crippen molar-refractivity contribution in [1.82, 2.24) is 9.88 Å². The molecule has 1 aliphatic heterocycles. The molecule has 0 spiro atoms. The van der Waals surface area contributed by atoms with Crippen LogP contribution in [0.5, 0.6) is 0 Å². The van der Waals surface area contributed by atoms with Gasteiger partial charge in [0.2, 0.25) is 0 Å². The molecule has 0 saturated carbocycles. The van der Waals surface area contributed by atoms with Crippen molar-refractivity contribution in [3.8, 4) is 0 Å². The van der Waals surface area contributed by atoms with Gasteiger partial charge in [-0.25, -0.2) is 14.7 Å². The molecule has 2 rings (SSSR count). The smallest absolute Gasteiger partial charge is 0.417 e. The van der Waals surface area contributed by atoms with E-state index in [-0.39, 0.29) is 6.54 Å². The van der Waals surface area contributed by atoms with Crippen LogP contribution >= 0.6 is 15.9 Å². The highest BCUT2D eigenvalue weighted by molar-refractivity contribution is 9.10. The first-order chi connectivity index (χ1) is 8.28. The molecule has 0 saturated heterocycles. The predicted molar refractivity (Wildman–Crippen MR) is 68.0 cm³/mol. The normalized spacial score (nSPS) is 14.7. The maximum atomic E-state index is 12.0. The van der Waals surface area contributed by atoms with Crippen molar-refractivity contribution in [3.63, 3.8) is 0 Å². The largest absolute Gasteiger partial charge is 0.443 e. The lowest BCUT2D eigenvalue weighted by atomic mass is 10.2. The van der Waals surface area contributed by atoms with Crippen LogP contribution in [-0.2, 0) is 11.3 Å². The van der Waals surface area contributed by atoms with Crippen molar-refractivity contribution in [2.45, 2.75) is 32.9 Å². The molecule has 6 heteroatoms. The van der Waals surface area contributed by atoms with E-state index in [1.807, 2.05) is 0 Å². The zero-order chi connectivity index (χ0) is 13.5. The van der Waals surface area contributed by atoms with E-state index in [0.29, 0.717) is 10.3 Å². The predicted octanol–water partition coefficient (Wildman–Crippen LogP) is 2.74. The summed E-state index contributed by atoms with van der Waals surface area (Å²) >= 11 is 3.20. The Hall–Kier alpha value is -1.43. The lowest BCUT2D eigenvalue weighted by Crippen LogP contribution is -2.37. The van der Waals surface area contributed by atoms with Crippen LogP contribution < -0.4 is 0 Å². The number of halogens is 1. The number of hydrogen-bond acceptors (Lipinski definition) is 4. The Bertz CT molecular complexity index is 523. The van der Waals surface area contributed by atoms with Gasteiger partial charge in [0.25, 0.3) is 5.91 Å². The highest BCUT2D eigenvalue weighted by Gasteiger charge is 2.36. The van der Waals surface area contributed by atoms with Crippen molar-refractivity contribution < 1.29 is 14.3 Å². The van der Waals surface area contributed by atoms with Crippen LogP contribution in [0, 0.1) is 0 Å². The van der Waals surface area contributed by atoms with Gasteiger partial charge < -0.3 is 4.74 Å². The summed E-state index contributed by atoms with van der Waals surface area (Å²) in [5.41, 5.74) is 0.407. The average molecular weight is 313 g/mol. The molecule has 0 radical (unpaired) electrons. The summed E-state index contributed by atoms with van der Waals surface area (Å²) < 4.78 is 5.75. The van der Waals surface area contributed by atoms with Crippen LogP contribution in [0.4, 0.5) is 4.79 Å². The molecule has 2 heterocycles. The number of imide groups is 1. The van der Waals surface area contributed by atoms with Gasteiger partial charge in [-0.15, -0.1) is 0 Å². The first-order valence-corrected chi connectivity index (χ1v) is 6.27. The average Bonchev–Trinajstić information content (AvgIpc) is 2.54. The molecular weight excluding hydrogens is 300 g/mol. The summed E-state index contributed by atoms with van der Waals surface area (Å²) in [4.78, 5) is 29.0. The lowest BCUT2D eigenvalue weighted by Gasteiger charge is -2.23. The molecular formula is C12H13BrN2O3. The second-order valence-electron chi connectivity index (χ2n) is 5.01. The molecule has 1 aromatic rings. The maximum Gasteiger partial charge on any atom is 0.417 e. The molecule has 96 valence electrons. The van der Waals surface area contributed by atoms with E-state index in [2.05, 4.69) is 20.9 Å². The molecule has 1 aromatic heterocycles. The van der Waals surface area contributed by atoms with Crippen LogP contribution in [0.3, 0.4) is 0 Å². The maximum absolute atomic E-state index is 12.0. The first kappa shape index (κ1) is 13.0. The number of aromatic nitrogens is 1. The SMILES string of the molecule is CC(C)(C)OC(=O)N1Cc2ccc(Br)nc2C1=O. The highest BCUT2D eigenvalue weighted by atomic mass is 79.9. The minimum atomic E-state index is -0.637. The number of pyridine rings is 1. The van der Waals surface area contributed by atoms with E-state index in [1.165, 1.54) is 0 Å². The molecule has 18 heavy (non-hydrogen) atoms. The molecule has 1 aliphatic rings. The Kier molecular flexibility index (Phi) is 3.14. The van der Waals surface area contributed by atoms with Gasteiger partial charge in [0.05, 0.1) is 6.54 Å². The van der Waals surface area contributed by atoms with Crippen LogP contribution in [0.25, 0.3) is 0 Å². The summed E-state index contributed by atoms with van der Waals surface area (Å²) in [5.74, 6) is -0.416. The van der Waals surface area contributed by atoms with Crippen molar-refractivity contribution in [2.24, 2.45) is 0 Å². The number of carbonyl (C=O) groups is 2. The number of nitrogens with zero attached hydrogens (tertiary/aromatic N) is 2. The summed E-state index contributed by atoms with van der Waals surface area (Å²) in [5, 5.41) is 0. The summed E-state index contributed by atoms with van der Waals surface area (Å²) in [6.07, 6.45) is -0.637. The number of hydrogen-bond donors (Lipinski definition) is 0. The minimum Gasteiger partial charge on any atom is -0.443 e. The molecule has 2 amide bonds. The van der Waals surface area contributed by atoms with Crippen molar-refractivity contribution >= 4 is 27.9 Å². The number of fused-ring (bicyclic) bond motifs is 1.